The number of halogens is 1. The summed E-state index contributed by atoms with van der Waals surface area (Å²) in [6.07, 6.45) is 0.910. The number of nitrogens with one attached hydrogen (secondary N) is 1. The minimum atomic E-state index is -0.300. The molecule has 1 aliphatic rings. The molecule has 3 aromatic carbocycles. The smallest absolute Gasteiger partial charge is 0.162 e. The van der Waals surface area contributed by atoms with Crippen molar-refractivity contribution in [2.24, 2.45) is 9.98 Å². The van der Waals surface area contributed by atoms with Gasteiger partial charge in [0.1, 0.15) is 11.7 Å². The maximum Gasteiger partial charge on any atom is 0.162 e. The second-order valence-corrected chi connectivity index (χ2v) is 7.26. The van der Waals surface area contributed by atoms with Gasteiger partial charge in [-0.3, -0.25) is 0 Å². The van der Waals surface area contributed by atoms with Crippen LogP contribution in [-0.4, -0.2) is 24.9 Å². The van der Waals surface area contributed by atoms with E-state index in [-0.39, 0.29) is 5.82 Å². The Morgan fingerprint density at radius 1 is 0.781 bits per heavy atom. The molecule has 1 heterocycles. The number of rotatable bonds is 7. The van der Waals surface area contributed by atoms with Gasteiger partial charge >= 0.3 is 0 Å². The topological polar surface area (TPSA) is 55.2 Å². The molecule has 5 nitrogen and oxygen atoms in total. The van der Waals surface area contributed by atoms with Crippen molar-refractivity contribution in [2.45, 2.75) is 27.2 Å². The number of nitrogens with zero attached hydrogens (tertiary/aromatic N) is 2. The molecule has 4 rings (SSSR count). The third-order valence-electron chi connectivity index (χ3n) is 5.09. The summed E-state index contributed by atoms with van der Waals surface area (Å²) in [7, 11) is 0. The fraction of sp³-hybridized carbons (Fsp3) is 0.231. The Balaban J connectivity index is 1.84. The largest absolute Gasteiger partial charge is 0.490 e. The van der Waals surface area contributed by atoms with Crippen LogP contribution in [0.4, 0.5) is 15.8 Å². The van der Waals surface area contributed by atoms with Crippen molar-refractivity contribution in [3.63, 3.8) is 0 Å². The quantitative estimate of drug-likeness (QED) is 0.489. The lowest BCUT2D eigenvalue weighted by Gasteiger charge is -2.15. The molecule has 164 valence electrons. The summed E-state index contributed by atoms with van der Waals surface area (Å²) in [5.74, 6) is 2.18. The molecular weight excluding hydrogens is 405 g/mol. The Morgan fingerprint density at radius 2 is 1.50 bits per heavy atom. The molecule has 0 radical (unpaired) electrons. The Morgan fingerprint density at radius 3 is 2.22 bits per heavy atom. The average Bonchev–Trinajstić information content (AvgIpc) is 3.00. The first kappa shape index (κ1) is 21.6. The third-order valence-corrected chi connectivity index (χ3v) is 5.09. The SMILES string of the molecule is CCOc1ccc(C2=NC(c3ccc(F)cc3)=Nc3ccc(CC)cc3N2)cc1OCC. The van der Waals surface area contributed by atoms with E-state index in [0.29, 0.717) is 36.4 Å². The molecule has 1 aliphatic heterocycles. The first-order valence-corrected chi connectivity index (χ1v) is 10.8. The maximum absolute atomic E-state index is 13.5. The summed E-state index contributed by atoms with van der Waals surface area (Å²) in [6, 6.07) is 18.1. The van der Waals surface area contributed by atoms with Gasteiger partial charge < -0.3 is 14.8 Å². The van der Waals surface area contributed by atoms with Crippen LogP contribution in [0.15, 0.2) is 70.6 Å². The van der Waals surface area contributed by atoms with Crippen LogP contribution in [0.5, 0.6) is 11.5 Å². The standard InChI is InChI=1S/C26H26FN3O2/c1-4-17-7-13-21-22(15-17)29-26(30-25(28-21)18-8-11-20(27)12-9-18)19-10-14-23(31-5-2)24(16-19)32-6-3/h7-16H,4-6H2,1-3H3,(H,28,29,30). The van der Waals surface area contributed by atoms with Crippen LogP contribution in [0, 0.1) is 5.82 Å². The normalized spacial score (nSPS) is 12.8. The summed E-state index contributed by atoms with van der Waals surface area (Å²) in [5.41, 5.74) is 4.40. The fourth-order valence-electron chi connectivity index (χ4n) is 3.46. The molecule has 0 amide bonds. The molecule has 32 heavy (non-hydrogen) atoms. The Hall–Kier alpha value is -3.67. The van der Waals surface area contributed by atoms with Gasteiger partial charge in [0.2, 0.25) is 0 Å². The molecule has 0 fully saturated rings. The number of aryl methyl sites for hydroxylation is 1. The van der Waals surface area contributed by atoms with Crippen molar-refractivity contribution in [3.05, 3.63) is 83.2 Å². The Bertz CT molecular complexity index is 1170. The van der Waals surface area contributed by atoms with Gasteiger partial charge in [0.15, 0.2) is 17.3 Å². The van der Waals surface area contributed by atoms with Crippen LogP contribution in [0.25, 0.3) is 0 Å². The van der Waals surface area contributed by atoms with Crippen LogP contribution in [0.2, 0.25) is 0 Å². The Kier molecular flexibility index (Phi) is 6.50. The van der Waals surface area contributed by atoms with Gasteiger partial charge in [-0.1, -0.05) is 13.0 Å². The van der Waals surface area contributed by atoms with E-state index >= 15 is 0 Å². The predicted molar refractivity (Wildman–Crippen MR) is 127 cm³/mol. The second-order valence-electron chi connectivity index (χ2n) is 7.26. The zero-order valence-corrected chi connectivity index (χ0v) is 18.5. The zero-order chi connectivity index (χ0) is 22.5. The molecule has 3 aromatic rings. The maximum atomic E-state index is 13.5. The van der Waals surface area contributed by atoms with E-state index in [1.54, 1.807) is 12.1 Å². The van der Waals surface area contributed by atoms with E-state index < -0.39 is 0 Å². The number of anilines is 1. The van der Waals surface area contributed by atoms with Crippen molar-refractivity contribution in [1.82, 2.24) is 0 Å². The van der Waals surface area contributed by atoms with Crippen LogP contribution >= 0.6 is 0 Å². The van der Waals surface area contributed by atoms with Crippen LogP contribution in [0.1, 0.15) is 37.5 Å². The lowest BCUT2D eigenvalue weighted by atomic mass is 10.1. The lowest BCUT2D eigenvalue weighted by Crippen LogP contribution is -2.15. The highest BCUT2D eigenvalue weighted by Gasteiger charge is 2.18. The first-order chi connectivity index (χ1) is 15.6. The average molecular weight is 432 g/mol. The summed E-state index contributed by atoms with van der Waals surface area (Å²) in [6.45, 7) is 7.06. The van der Waals surface area contributed by atoms with Gasteiger partial charge in [0.05, 0.1) is 24.6 Å². The summed E-state index contributed by atoms with van der Waals surface area (Å²) < 4.78 is 25.0. The number of hydrogen-bond donors (Lipinski definition) is 1. The Labute approximate surface area is 187 Å². The lowest BCUT2D eigenvalue weighted by molar-refractivity contribution is 0.288. The van der Waals surface area contributed by atoms with Crippen molar-refractivity contribution < 1.29 is 13.9 Å². The van der Waals surface area contributed by atoms with E-state index in [1.807, 2.05) is 38.1 Å². The number of aliphatic imine (C=N–C) groups is 2. The highest BCUT2D eigenvalue weighted by atomic mass is 19.1. The molecule has 0 aromatic heterocycles. The van der Waals surface area contributed by atoms with E-state index in [1.165, 1.54) is 17.7 Å². The highest BCUT2D eigenvalue weighted by molar-refractivity contribution is 6.19. The minimum absolute atomic E-state index is 0.300. The molecular formula is C26H26FN3O2. The van der Waals surface area contributed by atoms with Crippen LogP contribution < -0.4 is 14.8 Å². The number of amidine groups is 2. The van der Waals surface area contributed by atoms with E-state index in [2.05, 4.69) is 24.4 Å². The molecule has 0 saturated heterocycles. The van der Waals surface area contributed by atoms with Gasteiger partial charge in [-0.05, 0) is 80.4 Å². The van der Waals surface area contributed by atoms with E-state index in [0.717, 1.165) is 28.9 Å². The molecule has 0 atom stereocenters. The molecule has 0 spiro atoms. The summed E-state index contributed by atoms with van der Waals surface area (Å²) in [4.78, 5) is 9.61. The first-order valence-electron chi connectivity index (χ1n) is 10.8. The molecule has 0 saturated carbocycles. The number of benzene rings is 3. The van der Waals surface area contributed by atoms with E-state index in [9.17, 15) is 4.39 Å². The summed E-state index contributed by atoms with van der Waals surface area (Å²) in [5, 5.41) is 3.45. The van der Waals surface area contributed by atoms with Gasteiger partial charge in [-0.15, -0.1) is 0 Å². The van der Waals surface area contributed by atoms with Crippen molar-refractivity contribution in [1.29, 1.82) is 0 Å². The van der Waals surface area contributed by atoms with Crippen LogP contribution in [-0.2, 0) is 6.42 Å². The van der Waals surface area contributed by atoms with Gasteiger partial charge in [-0.2, -0.15) is 0 Å². The van der Waals surface area contributed by atoms with Crippen LogP contribution in [0.3, 0.4) is 0 Å². The molecule has 0 unspecified atom stereocenters. The van der Waals surface area contributed by atoms with Crippen molar-refractivity contribution in [3.8, 4) is 11.5 Å². The molecule has 0 bridgehead atoms. The minimum Gasteiger partial charge on any atom is -0.490 e. The van der Waals surface area contributed by atoms with Gasteiger partial charge in [0.25, 0.3) is 0 Å². The summed E-state index contributed by atoms with van der Waals surface area (Å²) >= 11 is 0. The predicted octanol–water partition coefficient (Wildman–Crippen LogP) is 6.14. The highest BCUT2D eigenvalue weighted by Crippen LogP contribution is 2.33. The third kappa shape index (κ3) is 4.64. The molecule has 0 aliphatic carbocycles. The molecule has 6 heteroatoms. The number of ether oxygens (including phenoxy) is 2. The van der Waals surface area contributed by atoms with Gasteiger partial charge in [0, 0.05) is 11.1 Å². The monoisotopic (exact) mass is 431 g/mol. The van der Waals surface area contributed by atoms with E-state index in [4.69, 9.17) is 19.5 Å². The number of fused-ring (bicyclic) bond motifs is 1. The zero-order valence-electron chi connectivity index (χ0n) is 18.5. The number of hydrogen-bond acceptors (Lipinski definition) is 5. The van der Waals surface area contributed by atoms with Crippen molar-refractivity contribution in [2.75, 3.05) is 18.5 Å². The molecule has 1 N–H and O–H groups in total. The fourth-order valence-corrected chi connectivity index (χ4v) is 3.46. The second kappa shape index (κ2) is 9.64. The van der Waals surface area contributed by atoms with Gasteiger partial charge in [-0.25, -0.2) is 14.4 Å². The van der Waals surface area contributed by atoms with Crippen molar-refractivity contribution >= 4 is 23.0 Å².